The molecule has 26 heavy (non-hydrogen) atoms. The van der Waals surface area contributed by atoms with Crippen LogP contribution in [0.3, 0.4) is 0 Å². The van der Waals surface area contributed by atoms with E-state index >= 15 is 0 Å². The van der Waals surface area contributed by atoms with Crippen molar-refractivity contribution in [3.8, 4) is 5.75 Å². The Hall–Kier alpha value is -2.50. The molecule has 0 bridgehead atoms. The van der Waals surface area contributed by atoms with E-state index in [1.807, 2.05) is 45.0 Å². The molecule has 6 heteroatoms. The van der Waals surface area contributed by atoms with E-state index in [1.165, 1.54) is 0 Å². The summed E-state index contributed by atoms with van der Waals surface area (Å²) in [6.45, 7) is 7.41. The number of hydrogen-bond donors (Lipinski definition) is 0. The lowest BCUT2D eigenvalue weighted by atomic mass is 10.1. The topological polar surface area (TPSA) is 60.8 Å². The van der Waals surface area contributed by atoms with Gasteiger partial charge in [-0.15, -0.1) is 0 Å². The average Bonchev–Trinajstić information content (AvgIpc) is 3.04. The highest BCUT2D eigenvalue weighted by Crippen LogP contribution is 2.24. The zero-order chi connectivity index (χ0) is 18.9. The molecular formula is C20H26N2O4. The van der Waals surface area contributed by atoms with Crippen molar-refractivity contribution in [1.29, 1.82) is 0 Å². The molecule has 0 unspecified atom stereocenters. The van der Waals surface area contributed by atoms with Gasteiger partial charge in [0.1, 0.15) is 11.4 Å². The minimum absolute atomic E-state index is 0.0403. The number of rotatable bonds is 3. The smallest absolute Gasteiger partial charge is 0.410 e. The molecule has 1 fully saturated rings. The molecule has 1 amide bonds. The predicted octanol–water partition coefficient (Wildman–Crippen LogP) is 3.27. The first kappa shape index (κ1) is 18.3. The molecule has 0 saturated carbocycles. The Kier molecular flexibility index (Phi) is 4.94. The van der Waals surface area contributed by atoms with Gasteiger partial charge in [-0.25, -0.2) is 4.79 Å². The second kappa shape index (κ2) is 7.02. The first-order chi connectivity index (χ1) is 12.3. The van der Waals surface area contributed by atoms with Crippen molar-refractivity contribution in [3.63, 3.8) is 0 Å². The third-order valence-electron chi connectivity index (χ3n) is 4.58. The van der Waals surface area contributed by atoms with Crippen LogP contribution < -0.4 is 10.3 Å². The maximum absolute atomic E-state index is 12.4. The fourth-order valence-electron chi connectivity index (χ4n) is 3.32. The molecule has 0 N–H and O–H groups in total. The van der Waals surface area contributed by atoms with Crippen molar-refractivity contribution in [2.24, 2.45) is 5.92 Å². The van der Waals surface area contributed by atoms with E-state index in [1.54, 1.807) is 22.6 Å². The van der Waals surface area contributed by atoms with Crippen LogP contribution in [0.15, 0.2) is 35.1 Å². The first-order valence-corrected chi connectivity index (χ1v) is 8.92. The monoisotopic (exact) mass is 358 g/mol. The number of hydrogen-bond acceptors (Lipinski definition) is 4. The number of carbonyl (C=O) groups is 1. The fourth-order valence-corrected chi connectivity index (χ4v) is 3.32. The summed E-state index contributed by atoms with van der Waals surface area (Å²) in [5, 5.41) is 0.993. The van der Waals surface area contributed by atoms with Gasteiger partial charge in [0.2, 0.25) is 0 Å². The van der Waals surface area contributed by atoms with E-state index in [-0.39, 0.29) is 17.6 Å². The summed E-state index contributed by atoms with van der Waals surface area (Å²) in [6, 6.07) is 9.14. The summed E-state index contributed by atoms with van der Waals surface area (Å²) in [5.41, 5.74) is 0.312. The van der Waals surface area contributed by atoms with Crippen LogP contribution in [0.1, 0.15) is 27.2 Å². The highest BCUT2D eigenvalue weighted by molar-refractivity contribution is 5.80. The molecule has 0 aliphatic carbocycles. The number of benzene rings is 1. The predicted molar refractivity (Wildman–Crippen MR) is 101 cm³/mol. The SMILES string of the molecule is COc1ccc2ccc(=O)n(C[C@H]3CCN(C(=O)OC(C)(C)C)C3)c2c1. The number of carbonyl (C=O) groups excluding carboxylic acids is 1. The molecule has 2 heterocycles. The van der Waals surface area contributed by atoms with Crippen LogP contribution >= 0.6 is 0 Å². The zero-order valence-corrected chi connectivity index (χ0v) is 15.8. The van der Waals surface area contributed by atoms with Crippen molar-refractivity contribution in [1.82, 2.24) is 9.47 Å². The summed E-state index contributed by atoms with van der Waals surface area (Å²) in [6.07, 6.45) is 0.568. The summed E-state index contributed by atoms with van der Waals surface area (Å²) in [7, 11) is 1.61. The van der Waals surface area contributed by atoms with Gasteiger partial charge < -0.3 is 18.9 Å². The van der Waals surface area contributed by atoms with E-state index in [0.717, 1.165) is 23.1 Å². The molecular weight excluding hydrogens is 332 g/mol. The molecule has 3 rings (SSSR count). The van der Waals surface area contributed by atoms with Crippen LogP contribution in [0, 0.1) is 5.92 Å². The maximum Gasteiger partial charge on any atom is 0.410 e. The van der Waals surface area contributed by atoms with Crippen LogP contribution in [-0.2, 0) is 11.3 Å². The Bertz CT molecular complexity index is 866. The van der Waals surface area contributed by atoms with Crippen LogP contribution in [0.5, 0.6) is 5.75 Å². The minimum Gasteiger partial charge on any atom is -0.497 e. The quantitative estimate of drug-likeness (QED) is 0.845. The number of ether oxygens (including phenoxy) is 2. The molecule has 1 aliphatic rings. The van der Waals surface area contributed by atoms with E-state index in [0.29, 0.717) is 19.6 Å². The largest absolute Gasteiger partial charge is 0.497 e. The first-order valence-electron chi connectivity index (χ1n) is 8.92. The number of amides is 1. The molecule has 1 aromatic heterocycles. The lowest BCUT2D eigenvalue weighted by Gasteiger charge is -2.24. The Labute approximate surface area is 153 Å². The van der Waals surface area contributed by atoms with Crippen molar-refractivity contribution in [2.45, 2.75) is 39.3 Å². The Morgan fingerprint density at radius 2 is 1.96 bits per heavy atom. The van der Waals surface area contributed by atoms with Crippen LogP contribution in [0.4, 0.5) is 4.79 Å². The van der Waals surface area contributed by atoms with Crippen molar-refractivity contribution < 1.29 is 14.3 Å². The van der Waals surface area contributed by atoms with E-state index in [4.69, 9.17) is 9.47 Å². The Morgan fingerprint density at radius 1 is 1.23 bits per heavy atom. The van der Waals surface area contributed by atoms with Gasteiger partial charge in [-0.2, -0.15) is 0 Å². The molecule has 1 aromatic carbocycles. The molecule has 0 spiro atoms. The van der Waals surface area contributed by atoms with Gasteiger partial charge in [0.15, 0.2) is 0 Å². The molecule has 1 aliphatic heterocycles. The molecule has 140 valence electrons. The van der Waals surface area contributed by atoms with Crippen LogP contribution in [-0.4, -0.2) is 41.4 Å². The summed E-state index contributed by atoms with van der Waals surface area (Å²) < 4.78 is 12.5. The number of pyridine rings is 1. The van der Waals surface area contributed by atoms with E-state index in [2.05, 4.69) is 0 Å². The Balaban J connectivity index is 1.79. The number of fused-ring (bicyclic) bond motifs is 1. The van der Waals surface area contributed by atoms with Crippen molar-refractivity contribution >= 4 is 17.0 Å². The number of aromatic nitrogens is 1. The molecule has 1 atom stereocenters. The third kappa shape index (κ3) is 4.00. The number of methoxy groups -OCH3 is 1. The fraction of sp³-hybridized carbons (Fsp3) is 0.500. The van der Waals surface area contributed by atoms with Gasteiger partial charge in [0, 0.05) is 31.8 Å². The van der Waals surface area contributed by atoms with E-state index in [9.17, 15) is 9.59 Å². The van der Waals surface area contributed by atoms with Gasteiger partial charge in [-0.1, -0.05) is 0 Å². The van der Waals surface area contributed by atoms with Crippen molar-refractivity contribution in [3.05, 3.63) is 40.7 Å². The second-order valence-corrected chi connectivity index (χ2v) is 7.79. The zero-order valence-electron chi connectivity index (χ0n) is 15.8. The molecule has 6 nitrogen and oxygen atoms in total. The maximum atomic E-state index is 12.4. The highest BCUT2D eigenvalue weighted by Gasteiger charge is 2.30. The molecule has 1 saturated heterocycles. The average molecular weight is 358 g/mol. The lowest BCUT2D eigenvalue weighted by Crippen LogP contribution is -2.35. The van der Waals surface area contributed by atoms with Gasteiger partial charge >= 0.3 is 6.09 Å². The van der Waals surface area contributed by atoms with Crippen LogP contribution in [0.25, 0.3) is 10.9 Å². The van der Waals surface area contributed by atoms with Gasteiger partial charge in [-0.3, -0.25) is 4.79 Å². The highest BCUT2D eigenvalue weighted by atomic mass is 16.6. The summed E-state index contributed by atoms with van der Waals surface area (Å²) >= 11 is 0. The summed E-state index contributed by atoms with van der Waals surface area (Å²) in [4.78, 5) is 26.4. The van der Waals surface area contributed by atoms with Gasteiger partial charge in [-0.05, 0) is 56.7 Å². The van der Waals surface area contributed by atoms with Crippen molar-refractivity contribution in [2.75, 3.05) is 20.2 Å². The van der Waals surface area contributed by atoms with Gasteiger partial charge in [0.05, 0.1) is 12.6 Å². The normalized spacial score (nSPS) is 17.5. The third-order valence-corrected chi connectivity index (χ3v) is 4.58. The van der Waals surface area contributed by atoms with Crippen LogP contribution in [0.2, 0.25) is 0 Å². The van der Waals surface area contributed by atoms with E-state index < -0.39 is 5.60 Å². The summed E-state index contributed by atoms with van der Waals surface area (Å²) in [5.74, 6) is 0.940. The number of nitrogens with zero attached hydrogens (tertiary/aromatic N) is 2. The molecule has 0 radical (unpaired) electrons. The molecule has 2 aromatic rings. The minimum atomic E-state index is -0.502. The second-order valence-electron chi connectivity index (χ2n) is 7.79. The lowest BCUT2D eigenvalue weighted by molar-refractivity contribution is 0.0287. The van der Waals surface area contributed by atoms with Gasteiger partial charge in [0.25, 0.3) is 5.56 Å². The Morgan fingerprint density at radius 3 is 2.65 bits per heavy atom. The number of likely N-dealkylation sites (tertiary alicyclic amines) is 1. The standard InChI is InChI=1S/C20H26N2O4/c1-20(2,3)26-19(24)21-10-9-14(12-21)13-22-17-11-16(25-4)7-5-15(17)6-8-18(22)23/h5-8,11,14H,9-10,12-13H2,1-4H3/t14-/m0/s1.